The summed E-state index contributed by atoms with van der Waals surface area (Å²) in [5, 5.41) is 8.81. The van der Waals surface area contributed by atoms with Crippen molar-refractivity contribution in [2.24, 2.45) is 11.8 Å². The van der Waals surface area contributed by atoms with Crippen LogP contribution in [0.25, 0.3) is 0 Å². The molecule has 1 saturated heterocycles. The van der Waals surface area contributed by atoms with Crippen LogP contribution in [0.3, 0.4) is 0 Å². The lowest BCUT2D eigenvalue weighted by atomic mass is 9.85. The summed E-state index contributed by atoms with van der Waals surface area (Å²) >= 11 is 6.11. The Kier molecular flexibility index (Phi) is 5.33. The first-order valence-electron chi connectivity index (χ1n) is 11.7. The Bertz CT molecular complexity index is 1310. The standard InChI is InChI=1S/C26H24ClN5O3/c1-35-22-9-5-4-8-19(22)21-14-20(15-10-12-16(27)13-11-15)28-25-29-26(30-32(21)25)31-23(33)17-6-2-3-7-18(17)24(31)34/h2-5,8-13,17-18,20-21H,6-7,14H2,1H3,(H,28,29,30)/t17-,18+,20-,21-/m0/s1. The number of amides is 2. The molecule has 1 aromatic heterocycles. The molecule has 8 nitrogen and oxygen atoms in total. The van der Waals surface area contributed by atoms with Gasteiger partial charge < -0.3 is 10.1 Å². The summed E-state index contributed by atoms with van der Waals surface area (Å²) in [6.45, 7) is 0. The minimum Gasteiger partial charge on any atom is -0.496 e. The van der Waals surface area contributed by atoms with Gasteiger partial charge in [-0.3, -0.25) is 9.59 Å². The fraction of sp³-hybridized carbons (Fsp3) is 0.308. The second-order valence-corrected chi connectivity index (χ2v) is 9.53. The number of aromatic nitrogens is 3. The average molecular weight is 490 g/mol. The highest BCUT2D eigenvalue weighted by Crippen LogP contribution is 2.43. The molecule has 0 spiro atoms. The van der Waals surface area contributed by atoms with E-state index in [4.69, 9.17) is 21.4 Å². The van der Waals surface area contributed by atoms with Gasteiger partial charge in [-0.2, -0.15) is 4.98 Å². The molecule has 1 aliphatic carbocycles. The molecule has 3 aliphatic rings. The van der Waals surface area contributed by atoms with Crippen LogP contribution in [-0.2, 0) is 9.59 Å². The van der Waals surface area contributed by atoms with Crippen LogP contribution in [0, 0.1) is 11.8 Å². The Labute approximate surface area is 207 Å². The van der Waals surface area contributed by atoms with E-state index in [2.05, 4.69) is 10.3 Å². The predicted octanol–water partition coefficient (Wildman–Crippen LogP) is 4.54. The Morgan fingerprint density at radius 2 is 1.69 bits per heavy atom. The second kappa shape index (κ2) is 8.53. The number of carbonyl (C=O) groups excluding carboxylic acids is 2. The van der Waals surface area contributed by atoms with E-state index in [-0.39, 0.29) is 41.7 Å². The van der Waals surface area contributed by atoms with Crippen molar-refractivity contribution in [3.63, 3.8) is 0 Å². The summed E-state index contributed by atoms with van der Waals surface area (Å²) < 4.78 is 7.41. The first-order chi connectivity index (χ1) is 17.0. The number of hydrogen-bond donors (Lipinski definition) is 1. The maximum Gasteiger partial charge on any atom is 0.260 e. The van der Waals surface area contributed by atoms with Crippen molar-refractivity contribution in [3.8, 4) is 5.75 Å². The zero-order valence-electron chi connectivity index (χ0n) is 19.1. The molecule has 0 bridgehead atoms. The van der Waals surface area contributed by atoms with Gasteiger partial charge in [-0.15, -0.1) is 5.10 Å². The number of carbonyl (C=O) groups is 2. The van der Waals surface area contributed by atoms with E-state index >= 15 is 0 Å². The summed E-state index contributed by atoms with van der Waals surface area (Å²) in [4.78, 5) is 32.2. The molecule has 3 heterocycles. The molecule has 6 rings (SSSR count). The molecular formula is C26H24ClN5O3. The first-order valence-corrected chi connectivity index (χ1v) is 12.1. The lowest BCUT2D eigenvalue weighted by Gasteiger charge is -2.32. The SMILES string of the molecule is COc1ccccc1[C@@H]1C[C@@H](c2ccc(Cl)cc2)Nc2nc(N3C(=O)[C@H]4CC=CC[C@H]4C3=O)nn21. The Hall–Kier alpha value is -3.65. The lowest BCUT2D eigenvalue weighted by molar-refractivity contribution is -0.122. The number of halogens is 1. The molecule has 0 radical (unpaired) electrons. The molecule has 9 heteroatoms. The summed E-state index contributed by atoms with van der Waals surface area (Å²) in [5.41, 5.74) is 2.00. The molecule has 3 aromatic rings. The average Bonchev–Trinajstić information content (AvgIpc) is 3.42. The smallest absolute Gasteiger partial charge is 0.260 e. The van der Waals surface area contributed by atoms with Crippen LogP contribution in [0.1, 0.15) is 42.5 Å². The number of fused-ring (bicyclic) bond motifs is 2. The van der Waals surface area contributed by atoms with Gasteiger partial charge in [0.25, 0.3) is 5.95 Å². The van der Waals surface area contributed by atoms with Crippen LogP contribution in [0.4, 0.5) is 11.9 Å². The quantitative estimate of drug-likeness (QED) is 0.427. The van der Waals surface area contributed by atoms with Crippen LogP contribution >= 0.6 is 11.6 Å². The van der Waals surface area contributed by atoms with Gasteiger partial charge in [0, 0.05) is 10.6 Å². The molecule has 0 saturated carbocycles. The highest BCUT2D eigenvalue weighted by molar-refractivity contribution is 6.30. The van der Waals surface area contributed by atoms with Gasteiger partial charge >= 0.3 is 0 Å². The summed E-state index contributed by atoms with van der Waals surface area (Å²) in [5.74, 6) is 0.221. The van der Waals surface area contributed by atoms with Crippen molar-refractivity contribution in [2.75, 3.05) is 17.3 Å². The molecule has 35 heavy (non-hydrogen) atoms. The van der Waals surface area contributed by atoms with E-state index in [1.54, 1.807) is 11.8 Å². The maximum absolute atomic E-state index is 13.2. The third kappa shape index (κ3) is 3.60. The number of benzene rings is 2. The third-order valence-electron chi connectivity index (χ3n) is 7.16. The molecule has 2 aliphatic heterocycles. The minimum atomic E-state index is -0.340. The van der Waals surface area contributed by atoms with Crippen LogP contribution in [-0.4, -0.2) is 33.7 Å². The van der Waals surface area contributed by atoms with Crippen LogP contribution < -0.4 is 15.0 Å². The molecule has 2 aromatic carbocycles. The van der Waals surface area contributed by atoms with Crippen LogP contribution in [0.2, 0.25) is 5.02 Å². The number of hydrogen-bond acceptors (Lipinski definition) is 6. The highest BCUT2D eigenvalue weighted by atomic mass is 35.5. The summed E-state index contributed by atoms with van der Waals surface area (Å²) in [6.07, 6.45) is 5.74. The van der Waals surface area contributed by atoms with Crippen molar-refractivity contribution in [1.82, 2.24) is 14.8 Å². The molecule has 0 unspecified atom stereocenters. The monoisotopic (exact) mass is 489 g/mol. The largest absolute Gasteiger partial charge is 0.496 e. The van der Waals surface area contributed by atoms with Crippen LogP contribution in [0.5, 0.6) is 5.75 Å². The van der Waals surface area contributed by atoms with Crippen molar-refractivity contribution in [1.29, 1.82) is 0 Å². The molecule has 4 atom stereocenters. The molecule has 1 N–H and O–H groups in total. The normalized spacial score (nSPS) is 25.3. The van der Waals surface area contributed by atoms with Gasteiger partial charge in [0.15, 0.2) is 0 Å². The topological polar surface area (TPSA) is 89.3 Å². The number of nitrogens with zero attached hydrogens (tertiary/aromatic N) is 4. The Morgan fingerprint density at radius 3 is 2.37 bits per heavy atom. The van der Waals surface area contributed by atoms with Gasteiger partial charge in [-0.1, -0.05) is 54.1 Å². The number of ether oxygens (including phenoxy) is 1. The number of para-hydroxylation sites is 1. The zero-order chi connectivity index (χ0) is 24.1. The van der Waals surface area contributed by atoms with E-state index in [0.717, 1.165) is 16.9 Å². The number of imide groups is 1. The molecule has 178 valence electrons. The van der Waals surface area contributed by atoms with Crippen molar-refractivity contribution >= 4 is 35.3 Å². The fourth-order valence-electron chi connectivity index (χ4n) is 5.37. The van der Waals surface area contributed by atoms with Crippen molar-refractivity contribution in [3.05, 3.63) is 76.8 Å². The number of nitrogens with one attached hydrogen (secondary N) is 1. The summed E-state index contributed by atoms with van der Waals surface area (Å²) in [7, 11) is 1.64. The minimum absolute atomic E-state index is 0.0801. The zero-order valence-corrected chi connectivity index (χ0v) is 19.9. The molecule has 1 fully saturated rings. The number of methoxy groups -OCH3 is 1. The van der Waals surface area contributed by atoms with Crippen molar-refractivity contribution in [2.45, 2.75) is 31.3 Å². The Balaban J connectivity index is 1.42. The van der Waals surface area contributed by atoms with Gasteiger partial charge in [-0.05, 0) is 43.0 Å². The number of rotatable bonds is 4. The molecular weight excluding hydrogens is 466 g/mol. The fourth-order valence-corrected chi connectivity index (χ4v) is 5.50. The van der Waals surface area contributed by atoms with E-state index in [1.807, 2.05) is 60.7 Å². The van der Waals surface area contributed by atoms with E-state index in [9.17, 15) is 9.59 Å². The second-order valence-electron chi connectivity index (χ2n) is 9.09. The van der Waals surface area contributed by atoms with Gasteiger partial charge in [-0.25, -0.2) is 9.58 Å². The number of allylic oxidation sites excluding steroid dienone is 2. The third-order valence-corrected chi connectivity index (χ3v) is 7.41. The van der Waals surface area contributed by atoms with Crippen LogP contribution in [0.15, 0.2) is 60.7 Å². The van der Waals surface area contributed by atoms with Gasteiger partial charge in [0.05, 0.1) is 31.0 Å². The number of anilines is 2. The van der Waals surface area contributed by atoms with E-state index in [1.165, 1.54) is 4.90 Å². The first kappa shape index (κ1) is 21.9. The maximum atomic E-state index is 13.2. The summed E-state index contributed by atoms with van der Waals surface area (Å²) in [6, 6.07) is 15.2. The molecule has 2 amide bonds. The van der Waals surface area contributed by atoms with Crippen molar-refractivity contribution < 1.29 is 14.3 Å². The predicted molar refractivity (Wildman–Crippen MR) is 131 cm³/mol. The lowest BCUT2D eigenvalue weighted by Crippen LogP contribution is -2.32. The highest BCUT2D eigenvalue weighted by Gasteiger charge is 2.50. The van der Waals surface area contributed by atoms with E-state index < -0.39 is 0 Å². The van der Waals surface area contributed by atoms with Gasteiger partial charge in [0.1, 0.15) is 5.75 Å². The van der Waals surface area contributed by atoms with Gasteiger partial charge in [0.2, 0.25) is 17.8 Å². The van der Waals surface area contributed by atoms with E-state index in [0.29, 0.717) is 30.2 Å². The Morgan fingerprint density at radius 1 is 1.00 bits per heavy atom.